The molecule has 0 amide bonds. The zero-order chi connectivity index (χ0) is 18.7. The molecule has 1 aromatic carbocycles. The number of guanidine groups is 1. The number of aliphatic imine (C=N–C) groups is 1. The second-order valence-electron chi connectivity index (χ2n) is 7.65. The minimum Gasteiger partial charge on any atom is -0.487 e. The van der Waals surface area contributed by atoms with Crippen molar-refractivity contribution in [1.29, 1.82) is 0 Å². The zero-order valence-corrected chi connectivity index (χ0v) is 16.2. The number of hydrogen-bond acceptors (Lipinski definition) is 3. The summed E-state index contributed by atoms with van der Waals surface area (Å²) in [7, 11) is 0. The lowest BCUT2D eigenvalue weighted by Gasteiger charge is -2.40. The van der Waals surface area contributed by atoms with E-state index in [1.165, 1.54) is 18.4 Å². The van der Waals surface area contributed by atoms with Gasteiger partial charge < -0.3 is 15.4 Å². The standard InChI is InChI=1S/C21H29N5O/c1-3-22-20(23-13-16-14-24-26-15(16)2)25-18-12-21(10-6-7-11-21)27-19-9-5-4-8-17(18)19/h4-5,8-9,14,18H,3,6-7,10-13H2,1-2H3,(H,24,26)(H2,22,23,25). The number of aromatic amines is 1. The van der Waals surface area contributed by atoms with Gasteiger partial charge in [-0.25, -0.2) is 4.99 Å². The molecule has 1 spiro atoms. The molecule has 144 valence electrons. The predicted octanol–water partition coefficient (Wildman–Crippen LogP) is 3.61. The van der Waals surface area contributed by atoms with Gasteiger partial charge in [-0.05, 0) is 45.6 Å². The molecule has 1 aromatic heterocycles. The number of ether oxygens (including phenoxy) is 1. The Labute approximate surface area is 160 Å². The lowest BCUT2D eigenvalue weighted by Crippen LogP contribution is -2.46. The van der Waals surface area contributed by atoms with E-state index < -0.39 is 0 Å². The summed E-state index contributed by atoms with van der Waals surface area (Å²) in [5, 5.41) is 14.1. The number of fused-ring (bicyclic) bond motifs is 1. The fourth-order valence-corrected chi connectivity index (χ4v) is 4.26. The van der Waals surface area contributed by atoms with Crippen molar-refractivity contribution in [3.05, 3.63) is 47.3 Å². The number of hydrogen-bond donors (Lipinski definition) is 3. The van der Waals surface area contributed by atoms with Crippen LogP contribution in [-0.4, -0.2) is 28.3 Å². The van der Waals surface area contributed by atoms with E-state index >= 15 is 0 Å². The smallest absolute Gasteiger partial charge is 0.192 e. The van der Waals surface area contributed by atoms with Gasteiger partial charge in [0, 0.05) is 29.8 Å². The Morgan fingerprint density at radius 1 is 1.33 bits per heavy atom. The van der Waals surface area contributed by atoms with Crippen LogP contribution in [0, 0.1) is 6.92 Å². The topological polar surface area (TPSA) is 74.3 Å². The summed E-state index contributed by atoms with van der Waals surface area (Å²) >= 11 is 0. The molecule has 2 aliphatic rings. The molecule has 27 heavy (non-hydrogen) atoms. The minimum absolute atomic E-state index is 0.0233. The van der Waals surface area contributed by atoms with Gasteiger partial charge in [0.25, 0.3) is 0 Å². The molecule has 6 nitrogen and oxygen atoms in total. The van der Waals surface area contributed by atoms with Crippen LogP contribution in [0.3, 0.4) is 0 Å². The Morgan fingerprint density at radius 3 is 2.89 bits per heavy atom. The highest BCUT2D eigenvalue weighted by molar-refractivity contribution is 5.80. The quantitative estimate of drug-likeness (QED) is 0.570. The van der Waals surface area contributed by atoms with Crippen LogP contribution in [0.1, 0.15) is 61.9 Å². The van der Waals surface area contributed by atoms with Gasteiger partial charge in [-0.15, -0.1) is 0 Å². The average Bonchev–Trinajstić information content (AvgIpc) is 3.29. The molecule has 1 atom stereocenters. The first-order valence-corrected chi connectivity index (χ1v) is 10.0. The van der Waals surface area contributed by atoms with E-state index in [1.807, 2.05) is 13.1 Å². The Hall–Kier alpha value is -2.50. The van der Waals surface area contributed by atoms with Crippen molar-refractivity contribution in [2.75, 3.05) is 6.54 Å². The number of benzene rings is 1. The second kappa shape index (κ2) is 7.62. The molecule has 0 saturated heterocycles. The van der Waals surface area contributed by atoms with Gasteiger partial charge >= 0.3 is 0 Å². The number of rotatable bonds is 4. The zero-order valence-electron chi connectivity index (χ0n) is 16.2. The van der Waals surface area contributed by atoms with Gasteiger partial charge in [-0.1, -0.05) is 18.2 Å². The highest BCUT2D eigenvalue weighted by Gasteiger charge is 2.43. The van der Waals surface area contributed by atoms with Crippen molar-refractivity contribution in [3.8, 4) is 5.75 Å². The largest absolute Gasteiger partial charge is 0.487 e. The van der Waals surface area contributed by atoms with E-state index in [0.29, 0.717) is 6.54 Å². The van der Waals surface area contributed by atoms with E-state index in [-0.39, 0.29) is 11.6 Å². The van der Waals surface area contributed by atoms with Crippen molar-refractivity contribution in [2.24, 2.45) is 4.99 Å². The van der Waals surface area contributed by atoms with Crippen molar-refractivity contribution in [2.45, 2.75) is 64.1 Å². The first-order valence-electron chi connectivity index (χ1n) is 10.0. The highest BCUT2D eigenvalue weighted by atomic mass is 16.5. The number of H-pyrrole nitrogens is 1. The first-order chi connectivity index (χ1) is 13.2. The van der Waals surface area contributed by atoms with Gasteiger partial charge in [0.05, 0.1) is 18.8 Å². The van der Waals surface area contributed by atoms with E-state index in [9.17, 15) is 0 Å². The van der Waals surface area contributed by atoms with E-state index in [1.54, 1.807) is 0 Å². The Kier molecular flexibility index (Phi) is 5.05. The normalized spacial score (nSPS) is 21.0. The molecule has 1 fully saturated rings. The third kappa shape index (κ3) is 3.80. The van der Waals surface area contributed by atoms with Gasteiger partial charge in [0.15, 0.2) is 5.96 Å². The van der Waals surface area contributed by atoms with E-state index in [2.05, 4.69) is 52.0 Å². The number of aryl methyl sites for hydroxylation is 1. The average molecular weight is 367 g/mol. The molecule has 4 rings (SSSR count). The molecule has 2 aromatic rings. The van der Waals surface area contributed by atoms with Crippen LogP contribution < -0.4 is 15.4 Å². The van der Waals surface area contributed by atoms with Crippen LogP contribution in [0.25, 0.3) is 0 Å². The monoisotopic (exact) mass is 367 g/mol. The molecule has 0 radical (unpaired) electrons. The third-order valence-electron chi connectivity index (χ3n) is 5.71. The number of nitrogens with zero attached hydrogens (tertiary/aromatic N) is 2. The molecule has 1 saturated carbocycles. The van der Waals surface area contributed by atoms with Crippen molar-refractivity contribution in [1.82, 2.24) is 20.8 Å². The Morgan fingerprint density at radius 2 is 2.15 bits per heavy atom. The predicted molar refractivity (Wildman–Crippen MR) is 107 cm³/mol. The van der Waals surface area contributed by atoms with E-state index in [0.717, 1.165) is 48.8 Å². The molecular weight excluding hydrogens is 338 g/mol. The highest BCUT2D eigenvalue weighted by Crippen LogP contribution is 2.46. The van der Waals surface area contributed by atoms with Crippen LogP contribution in [-0.2, 0) is 6.54 Å². The van der Waals surface area contributed by atoms with Crippen LogP contribution in [0.4, 0.5) is 0 Å². The number of nitrogens with one attached hydrogen (secondary N) is 3. The lowest BCUT2D eigenvalue weighted by molar-refractivity contribution is 0.0396. The van der Waals surface area contributed by atoms with Crippen LogP contribution in [0.15, 0.2) is 35.5 Å². The van der Waals surface area contributed by atoms with Crippen molar-refractivity contribution in [3.63, 3.8) is 0 Å². The summed E-state index contributed by atoms with van der Waals surface area (Å²) in [6.07, 6.45) is 7.62. The lowest BCUT2D eigenvalue weighted by atomic mass is 9.86. The molecule has 1 aliphatic carbocycles. The Bertz CT molecular complexity index is 806. The van der Waals surface area contributed by atoms with Crippen LogP contribution in [0.2, 0.25) is 0 Å². The van der Waals surface area contributed by atoms with Gasteiger partial charge in [-0.2, -0.15) is 5.10 Å². The van der Waals surface area contributed by atoms with Crippen molar-refractivity contribution < 1.29 is 4.74 Å². The molecule has 6 heteroatoms. The van der Waals surface area contributed by atoms with Crippen LogP contribution >= 0.6 is 0 Å². The first kappa shape index (κ1) is 17.9. The Balaban J connectivity index is 1.57. The number of para-hydroxylation sites is 1. The molecular formula is C21H29N5O. The summed E-state index contributed by atoms with van der Waals surface area (Å²) in [4.78, 5) is 4.79. The van der Waals surface area contributed by atoms with Gasteiger partial charge in [-0.3, -0.25) is 5.10 Å². The maximum Gasteiger partial charge on any atom is 0.192 e. The molecule has 1 unspecified atom stereocenters. The van der Waals surface area contributed by atoms with Gasteiger partial charge in [0.1, 0.15) is 11.4 Å². The minimum atomic E-state index is -0.0233. The molecule has 3 N–H and O–H groups in total. The fraction of sp³-hybridized carbons (Fsp3) is 0.524. The molecule has 1 aliphatic heterocycles. The maximum atomic E-state index is 6.47. The summed E-state index contributed by atoms with van der Waals surface area (Å²) in [6.45, 7) is 5.55. The third-order valence-corrected chi connectivity index (χ3v) is 5.71. The summed E-state index contributed by atoms with van der Waals surface area (Å²) in [5.41, 5.74) is 3.38. The SMILES string of the molecule is CCNC(=NCc1cn[nH]c1C)NC1CC2(CCCC2)Oc2ccccc21. The molecule has 0 bridgehead atoms. The number of aromatic nitrogens is 2. The van der Waals surface area contributed by atoms with Crippen molar-refractivity contribution >= 4 is 5.96 Å². The van der Waals surface area contributed by atoms with Gasteiger partial charge in [0.2, 0.25) is 0 Å². The van der Waals surface area contributed by atoms with E-state index in [4.69, 9.17) is 9.73 Å². The van der Waals surface area contributed by atoms with Crippen LogP contribution in [0.5, 0.6) is 5.75 Å². The molecule has 2 heterocycles. The second-order valence-corrected chi connectivity index (χ2v) is 7.65. The fourth-order valence-electron chi connectivity index (χ4n) is 4.26. The summed E-state index contributed by atoms with van der Waals surface area (Å²) in [6, 6.07) is 8.62. The summed E-state index contributed by atoms with van der Waals surface area (Å²) < 4.78 is 6.47. The maximum absolute atomic E-state index is 6.47. The summed E-state index contributed by atoms with van der Waals surface area (Å²) in [5.74, 6) is 1.86.